The number of aryl methyl sites for hydroxylation is 1. The minimum atomic E-state index is -0.632. The molecule has 3 heteroatoms. The lowest BCUT2D eigenvalue weighted by Crippen LogP contribution is -2.05. The SMILES string of the molecule is Cc1cc(F)c(C(=O)CCC(C)C)cc1F. The van der Waals surface area contributed by atoms with Gasteiger partial charge in [-0.2, -0.15) is 0 Å². The molecule has 0 atom stereocenters. The van der Waals surface area contributed by atoms with E-state index in [9.17, 15) is 13.6 Å². The van der Waals surface area contributed by atoms with Crippen molar-refractivity contribution in [3.05, 3.63) is 34.9 Å². The largest absolute Gasteiger partial charge is 0.294 e. The van der Waals surface area contributed by atoms with Crippen molar-refractivity contribution in [2.45, 2.75) is 33.6 Å². The van der Waals surface area contributed by atoms with Crippen molar-refractivity contribution in [1.29, 1.82) is 0 Å². The van der Waals surface area contributed by atoms with E-state index in [4.69, 9.17) is 0 Å². The number of carbonyl (C=O) groups excluding carboxylic acids is 1. The van der Waals surface area contributed by atoms with Gasteiger partial charge in [-0.15, -0.1) is 0 Å². The smallest absolute Gasteiger partial charge is 0.165 e. The van der Waals surface area contributed by atoms with Crippen molar-refractivity contribution in [2.75, 3.05) is 0 Å². The van der Waals surface area contributed by atoms with Crippen LogP contribution in [-0.4, -0.2) is 5.78 Å². The van der Waals surface area contributed by atoms with Gasteiger partial charge in [0.2, 0.25) is 0 Å². The first kappa shape index (κ1) is 12.8. The number of halogens is 2. The van der Waals surface area contributed by atoms with Crippen LogP contribution in [0.3, 0.4) is 0 Å². The van der Waals surface area contributed by atoms with E-state index in [0.29, 0.717) is 12.3 Å². The summed E-state index contributed by atoms with van der Waals surface area (Å²) in [4.78, 5) is 11.6. The molecule has 0 saturated heterocycles. The van der Waals surface area contributed by atoms with Crippen molar-refractivity contribution in [1.82, 2.24) is 0 Å². The molecule has 88 valence electrons. The molecule has 0 N–H and O–H groups in total. The maximum absolute atomic E-state index is 13.4. The topological polar surface area (TPSA) is 17.1 Å². The second kappa shape index (κ2) is 5.19. The van der Waals surface area contributed by atoms with E-state index in [1.165, 1.54) is 6.92 Å². The van der Waals surface area contributed by atoms with Crippen molar-refractivity contribution in [3.63, 3.8) is 0 Å². The normalized spacial score (nSPS) is 10.9. The highest BCUT2D eigenvalue weighted by molar-refractivity contribution is 5.96. The van der Waals surface area contributed by atoms with Gasteiger partial charge >= 0.3 is 0 Å². The Labute approximate surface area is 94.5 Å². The van der Waals surface area contributed by atoms with Crippen LogP contribution in [0.1, 0.15) is 42.6 Å². The van der Waals surface area contributed by atoms with E-state index in [2.05, 4.69) is 0 Å². The molecule has 0 aliphatic carbocycles. The monoisotopic (exact) mass is 226 g/mol. The number of rotatable bonds is 4. The third-order valence-corrected chi connectivity index (χ3v) is 2.50. The summed E-state index contributed by atoms with van der Waals surface area (Å²) >= 11 is 0. The number of Topliss-reactive ketones (excluding diaryl/α,β-unsaturated/α-hetero) is 1. The van der Waals surface area contributed by atoms with Crippen molar-refractivity contribution in [3.8, 4) is 0 Å². The average Bonchev–Trinajstić information content (AvgIpc) is 2.20. The van der Waals surface area contributed by atoms with Gasteiger partial charge in [0.1, 0.15) is 11.6 Å². The molecule has 0 amide bonds. The number of carbonyl (C=O) groups is 1. The summed E-state index contributed by atoms with van der Waals surface area (Å²) < 4.78 is 26.6. The van der Waals surface area contributed by atoms with Gasteiger partial charge in [-0.1, -0.05) is 13.8 Å². The van der Waals surface area contributed by atoms with E-state index in [1.54, 1.807) is 0 Å². The standard InChI is InChI=1S/C13H16F2O/c1-8(2)4-5-13(16)10-7-11(14)9(3)6-12(10)15/h6-8H,4-5H2,1-3H3. The predicted molar refractivity (Wildman–Crippen MR) is 59.5 cm³/mol. The number of benzene rings is 1. The Bertz CT molecular complexity index is 397. The summed E-state index contributed by atoms with van der Waals surface area (Å²) in [5.74, 6) is -1.12. The Hall–Kier alpha value is -1.25. The fourth-order valence-corrected chi connectivity index (χ4v) is 1.41. The molecule has 1 rings (SSSR count). The van der Waals surface area contributed by atoms with Crippen LogP contribution in [0.2, 0.25) is 0 Å². The highest BCUT2D eigenvalue weighted by atomic mass is 19.1. The molecule has 0 heterocycles. The van der Waals surface area contributed by atoms with Crippen LogP contribution in [0.4, 0.5) is 8.78 Å². The molecule has 16 heavy (non-hydrogen) atoms. The zero-order valence-electron chi connectivity index (χ0n) is 9.81. The zero-order chi connectivity index (χ0) is 12.3. The van der Waals surface area contributed by atoms with Crippen molar-refractivity contribution in [2.24, 2.45) is 5.92 Å². The van der Waals surface area contributed by atoms with Gasteiger partial charge in [-0.25, -0.2) is 8.78 Å². The van der Waals surface area contributed by atoms with E-state index >= 15 is 0 Å². The molecular weight excluding hydrogens is 210 g/mol. The van der Waals surface area contributed by atoms with Crippen LogP contribution in [0.15, 0.2) is 12.1 Å². The summed E-state index contributed by atoms with van der Waals surface area (Å²) in [5.41, 5.74) is 0.0849. The molecular formula is C13H16F2O. The lowest BCUT2D eigenvalue weighted by molar-refractivity contribution is 0.0971. The molecule has 0 unspecified atom stereocenters. The molecule has 0 fully saturated rings. The van der Waals surface area contributed by atoms with Gasteiger partial charge in [0.15, 0.2) is 5.78 Å². The minimum Gasteiger partial charge on any atom is -0.294 e. The molecule has 0 aliphatic heterocycles. The average molecular weight is 226 g/mol. The van der Waals surface area contributed by atoms with Crippen LogP contribution >= 0.6 is 0 Å². The Morgan fingerprint density at radius 1 is 1.25 bits per heavy atom. The summed E-state index contributed by atoms with van der Waals surface area (Å²) in [6, 6.07) is 2.06. The molecule has 0 aromatic heterocycles. The third kappa shape index (κ3) is 3.12. The summed E-state index contributed by atoms with van der Waals surface area (Å²) in [6.45, 7) is 5.44. The van der Waals surface area contributed by atoms with E-state index < -0.39 is 11.6 Å². The molecule has 1 aromatic rings. The molecule has 1 aromatic carbocycles. The van der Waals surface area contributed by atoms with Gasteiger partial charge in [0, 0.05) is 6.42 Å². The minimum absolute atomic E-state index is 0.135. The second-order valence-electron chi connectivity index (χ2n) is 4.44. The van der Waals surface area contributed by atoms with E-state index in [1.807, 2.05) is 13.8 Å². The summed E-state index contributed by atoms with van der Waals surface area (Å²) in [7, 11) is 0. The van der Waals surface area contributed by atoms with Gasteiger partial charge < -0.3 is 0 Å². The first-order valence-electron chi connectivity index (χ1n) is 5.40. The number of hydrogen-bond donors (Lipinski definition) is 0. The molecule has 1 nitrogen and oxygen atoms in total. The van der Waals surface area contributed by atoms with E-state index in [0.717, 1.165) is 12.1 Å². The Morgan fingerprint density at radius 3 is 2.44 bits per heavy atom. The number of ketones is 1. The maximum atomic E-state index is 13.4. The quantitative estimate of drug-likeness (QED) is 0.712. The fourth-order valence-electron chi connectivity index (χ4n) is 1.41. The lowest BCUT2D eigenvalue weighted by Gasteiger charge is -2.06. The van der Waals surface area contributed by atoms with Crippen LogP contribution in [-0.2, 0) is 0 Å². The third-order valence-electron chi connectivity index (χ3n) is 2.50. The Morgan fingerprint density at radius 2 is 1.88 bits per heavy atom. The van der Waals surface area contributed by atoms with Gasteiger partial charge in [0.25, 0.3) is 0 Å². The first-order chi connectivity index (χ1) is 7.41. The lowest BCUT2D eigenvalue weighted by atomic mass is 10.00. The van der Waals surface area contributed by atoms with Gasteiger partial charge in [0.05, 0.1) is 5.56 Å². The highest BCUT2D eigenvalue weighted by Crippen LogP contribution is 2.17. The molecule has 0 spiro atoms. The Balaban J connectivity index is 2.87. The van der Waals surface area contributed by atoms with Crippen LogP contribution in [0.25, 0.3) is 0 Å². The fraction of sp³-hybridized carbons (Fsp3) is 0.462. The van der Waals surface area contributed by atoms with E-state index in [-0.39, 0.29) is 23.3 Å². The maximum Gasteiger partial charge on any atom is 0.165 e. The van der Waals surface area contributed by atoms with Crippen LogP contribution < -0.4 is 0 Å². The summed E-state index contributed by atoms with van der Waals surface area (Å²) in [5, 5.41) is 0. The Kier molecular flexibility index (Phi) is 4.16. The highest BCUT2D eigenvalue weighted by Gasteiger charge is 2.14. The molecule has 0 radical (unpaired) electrons. The zero-order valence-corrected chi connectivity index (χ0v) is 9.81. The molecule has 0 saturated carbocycles. The van der Waals surface area contributed by atoms with Crippen molar-refractivity contribution < 1.29 is 13.6 Å². The van der Waals surface area contributed by atoms with Gasteiger partial charge in [-0.3, -0.25) is 4.79 Å². The molecule has 0 aliphatic rings. The number of hydrogen-bond acceptors (Lipinski definition) is 1. The van der Waals surface area contributed by atoms with Crippen LogP contribution in [0.5, 0.6) is 0 Å². The summed E-state index contributed by atoms with van der Waals surface area (Å²) in [6.07, 6.45) is 0.949. The predicted octanol–water partition coefficient (Wildman–Crippen LogP) is 3.89. The van der Waals surface area contributed by atoms with Crippen LogP contribution in [0, 0.1) is 24.5 Å². The second-order valence-corrected chi connectivity index (χ2v) is 4.44. The first-order valence-corrected chi connectivity index (χ1v) is 5.40. The molecule has 0 bridgehead atoms. The van der Waals surface area contributed by atoms with Gasteiger partial charge in [-0.05, 0) is 37.0 Å². The van der Waals surface area contributed by atoms with Crippen molar-refractivity contribution >= 4 is 5.78 Å².